The molecule has 3 atom stereocenters. The number of fused-ring (bicyclic) bond motifs is 3. The molecule has 0 saturated carbocycles. The molecule has 3 aliphatic rings. The number of nitrogens with zero attached hydrogens (tertiary/aromatic N) is 1. The van der Waals surface area contributed by atoms with Crippen LogP contribution in [0.25, 0.3) is 0 Å². The first-order valence-electron chi connectivity index (χ1n) is 8.78. The summed E-state index contributed by atoms with van der Waals surface area (Å²) in [4.78, 5) is 13.3. The van der Waals surface area contributed by atoms with E-state index in [0.29, 0.717) is 31.5 Å². The molecular weight excluding hydrogens is 308 g/mol. The summed E-state index contributed by atoms with van der Waals surface area (Å²) in [7, 11) is 0. The van der Waals surface area contributed by atoms with Gasteiger partial charge in [0.1, 0.15) is 6.61 Å². The number of piperidine rings is 1. The standard InChI is InChI=1S/C18H24N2O4/c21-17(22)20(12-18-8-3-4-13(19-18)7-9-18)10-14-11-23-15-5-1-2-6-16(15)24-14/h1-2,5-6,13-14,19H,3-4,7-12H2,(H,21,22). The van der Waals surface area contributed by atoms with Crippen LogP contribution in [0.15, 0.2) is 24.3 Å². The maximum Gasteiger partial charge on any atom is 0.407 e. The van der Waals surface area contributed by atoms with E-state index in [2.05, 4.69) is 5.32 Å². The number of hydrogen-bond acceptors (Lipinski definition) is 4. The van der Waals surface area contributed by atoms with Gasteiger partial charge in [0.15, 0.2) is 17.6 Å². The summed E-state index contributed by atoms with van der Waals surface area (Å²) in [6, 6.07) is 8.08. The smallest absolute Gasteiger partial charge is 0.407 e. The maximum atomic E-state index is 11.8. The molecular formula is C18H24N2O4. The molecule has 2 bridgehead atoms. The average molecular weight is 332 g/mol. The molecule has 24 heavy (non-hydrogen) atoms. The Morgan fingerprint density at radius 1 is 1.29 bits per heavy atom. The monoisotopic (exact) mass is 332 g/mol. The van der Waals surface area contributed by atoms with Crippen LogP contribution in [0.4, 0.5) is 4.79 Å². The number of amides is 1. The van der Waals surface area contributed by atoms with Gasteiger partial charge in [0.25, 0.3) is 0 Å². The second-order valence-electron chi connectivity index (χ2n) is 7.21. The first-order valence-corrected chi connectivity index (χ1v) is 8.78. The Hall–Kier alpha value is -1.95. The Kier molecular flexibility index (Phi) is 4.00. The largest absolute Gasteiger partial charge is 0.486 e. The maximum absolute atomic E-state index is 11.8. The minimum absolute atomic E-state index is 0.0469. The topological polar surface area (TPSA) is 71.0 Å². The molecule has 1 amide bonds. The molecule has 0 spiro atoms. The molecule has 130 valence electrons. The Balaban J connectivity index is 1.42. The van der Waals surface area contributed by atoms with Crippen molar-refractivity contribution < 1.29 is 19.4 Å². The predicted octanol–water partition coefficient (Wildman–Crippen LogP) is 2.48. The van der Waals surface area contributed by atoms with Crippen molar-refractivity contribution >= 4 is 6.09 Å². The van der Waals surface area contributed by atoms with Crippen LogP contribution in [0.2, 0.25) is 0 Å². The fraction of sp³-hybridized carbons (Fsp3) is 0.611. The number of carbonyl (C=O) groups is 1. The Bertz CT molecular complexity index is 619. The second-order valence-corrected chi connectivity index (χ2v) is 7.21. The molecule has 6 nitrogen and oxygen atoms in total. The van der Waals surface area contributed by atoms with Crippen molar-refractivity contribution in [3.05, 3.63) is 24.3 Å². The lowest BCUT2D eigenvalue weighted by Crippen LogP contribution is -2.56. The highest BCUT2D eigenvalue weighted by Gasteiger charge is 2.43. The van der Waals surface area contributed by atoms with E-state index in [1.807, 2.05) is 24.3 Å². The molecule has 0 aliphatic carbocycles. The van der Waals surface area contributed by atoms with Gasteiger partial charge in [0.2, 0.25) is 0 Å². The predicted molar refractivity (Wildman–Crippen MR) is 88.7 cm³/mol. The van der Waals surface area contributed by atoms with Crippen molar-refractivity contribution in [2.24, 2.45) is 0 Å². The molecule has 1 aromatic carbocycles. The van der Waals surface area contributed by atoms with Crippen LogP contribution in [0.3, 0.4) is 0 Å². The highest BCUT2D eigenvalue weighted by molar-refractivity contribution is 5.65. The first-order chi connectivity index (χ1) is 11.6. The van der Waals surface area contributed by atoms with Gasteiger partial charge in [-0.25, -0.2) is 4.79 Å². The number of ether oxygens (including phenoxy) is 2. The lowest BCUT2D eigenvalue weighted by Gasteiger charge is -2.39. The minimum atomic E-state index is -0.886. The Morgan fingerprint density at radius 2 is 2.12 bits per heavy atom. The van der Waals surface area contributed by atoms with E-state index in [9.17, 15) is 9.90 Å². The van der Waals surface area contributed by atoms with E-state index >= 15 is 0 Å². The number of nitrogens with one attached hydrogen (secondary N) is 1. The van der Waals surface area contributed by atoms with Crippen LogP contribution in [0, 0.1) is 0 Å². The van der Waals surface area contributed by atoms with E-state index in [1.165, 1.54) is 17.7 Å². The normalized spacial score (nSPS) is 30.8. The number of rotatable bonds is 4. The van der Waals surface area contributed by atoms with Gasteiger partial charge in [0, 0.05) is 18.1 Å². The van der Waals surface area contributed by atoms with E-state index in [4.69, 9.17) is 9.47 Å². The molecule has 2 saturated heterocycles. The number of carboxylic acid groups (broad SMARTS) is 1. The summed E-state index contributed by atoms with van der Waals surface area (Å²) in [5.41, 5.74) is -0.0469. The molecule has 3 heterocycles. The number of hydrogen-bond donors (Lipinski definition) is 2. The van der Waals surface area contributed by atoms with Gasteiger partial charge in [-0.3, -0.25) is 0 Å². The second kappa shape index (κ2) is 6.16. The molecule has 1 aromatic rings. The molecule has 2 N–H and O–H groups in total. The van der Waals surface area contributed by atoms with Gasteiger partial charge in [-0.2, -0.15) is 0 Å². The van der Waals surface area contributed by atoms with Crippen molar-refractivity contribution in [1.82, 2.24) is 10.2 Å². The average Bonchev–Trinajstić information content (AvgIpc) is 2.88. The van der Waals surface area contributed by atoms with Crippen molar-refractivity contribution in [1.29, 1.82) is 0 Å². The van der Waals surface area contributed by atoms with E-state index in [1.54, 1.807) is 0 Å². The minimum Gasteiger partial charge on any atom is -0.486 e. The van der Waals surface area contributed by atoms with Gasteiger partial charge in [-0.05, 0) is 37.8 Å². The molecule has 6 heteroatoms. The highest BCUT2D eigenvalue weighted by atomic mass is 16.6. The number of benzene rings is 1. The van der Waals surface area contributed by atoms with E-state index in [-0.39, 0.29) is 11.6 Å². The zero-order valence-corrected chi connectivity index (χ0v) is 13.7. The summed E-state index contributed by atoms with van der Waals surface area (Å²) in [5, 5.41) is 13.3. The van der Waals surface area contributed by atoms with Gasteiger partial charge in [0.05, 0.1) is 6.54 Å². The number of para-hydroxylation sites is 2. The van der Waals surface area contributed by atoms with Crippen LogP contribution in [-0.2, 0) is 0 Å². The van der Waals surface area contributed by atoms with Crippen LogP contribution < -0.4 is 14.8 Å². The zero-order valence-electron chi connectivity index (χ0n) is 13.7. The summed E-state index contributed by atoms with van der Waals surface area (Å²) in [6.07, 6.45) is 4.51. The third kappa shape index (κ3) is 3.02. The van der Waals surface area contributed by atoms with Gasteiger partial charge in [-0.1, -0.05) is 18.6 Å². The lowest BCUT2D eigenvalue weighted by atomic mass is 9.90. The lowest BCUT2D eigenvalue weighted by molar-refractivity contribution is 0.0471. The summed E-state index contributed by atoms with van der Waals surface area (Å²) >= 11 is 0. The molecule has 3 unspecified atom stereocenters. The summed E-state index contributed by atoms with van der Waals surface area (Å²) < 4.78 is 11.6. The molecule has 4 rings (SSSR count). The third-order valence-corrected chi connectivity index (χ3v) is 5.45. The van der Waals surface area contributed by atoms with E-state index < -0.39 is 6.09 Å². The Labute approximate surface area is 141 Å². The van der Waals surface area contributed by atoms with Crippen LogP contribution in [0.5, 0.6) is 11.5 Å². The first kappa shape index (κ1) is 15.6. The van der Waals surface area contributed by atoms with Crippen LogP contribution in [-0.4, -0.2) is 53.5 Å². The summed E-state index contributed by atoms with van der Waals surface area (Å²) in [5.74, 6) is 1.41. The van der Waals surface area contributed by atoms with Crippen molar-refractivity contribution in [2.75, 3.05) is 19.7 Å². The molecule has 0 aromatic heterocycles. The van der Waals surface area contributed by atoms with Crippen molar-refractivity contribution in [2.45, 2.75) is 49.8 Å². The third-order valence-electron chi connectivity index (χ3n) is 5.45. The fourth-order valence-corrected chi connectivity index (χ4v) is 4.31. The van der Waals surface area contributed by atoms with Crippen LogP contribution >= 0.6 is 0 Å². The zero-order chi connectivity index (χ0) is 16.6. The fourth-order valence-electron chi connectivity index (χ4n) is 4.31. The Morgan fingerprint density at radius 3 is 2.96 bits per heavy atom. The van der Waals surface area contributed by atoms with Crippen molar-refractivity contribution in [3.8, 4) is 11.5 Å². The molecule has 2 fully saturated rings. The van der Waals surface area contributed by atoms with Gasteiger partial charge >= 0.3 is 6.09 Å². The molecule has 0 radical (unpaired) electrons. The molecule has 3 aliphatic heterocycles. The highest BCUT2D eigenvalue weighted by Crippen LogP contribution is 2.36. The SMILES string of the molecule is O=C(O)N(CC1COc2ccccc2O1)CC12CCCC(CC1)N2. The van der Waals surface area contributed by atoms with E-state index in [0.717, 1.165) is 25.0 Å². The van der Waals surface area contributed by atoms with Gasteiger partial charge in [-0.15, -0.1) is 0 Å². The van der Waals surface area contributed by atoms with Crippen molar-refractivity contribution in [3.63, 3.8) is 0 Å². The summed E-state index contributed by atoms with van der Waals surface area (Å²) in [6.45, 7) is 1.24. The van der Waals surface area contributed by atoms with Gasteiger partial charge < -0.3 is 24.8 Å². The quantitative estimate of drug-likeness (QED) is 0.886. The van der Waals surface area contributed by atoms with Crippen LogP contribution in [0.1, 0.15) is 32.1 Å².